The molecule has 1 heterocycles. The molecule has 0 aromatic heterocycles. The molecule has 0 unspecified atom stereocenters. The summed E-state index contributed by atoms with van der Waals surface area (Å²) in [6.45, 7) is 0.553. The van der Waals surface area contributed by atoms with E-state index in [1.54, 1.807) is 54.6 Å². The number of carbonyl (C=O) groups excluding carboxylic acids is 2. The highest BCUT2D eigenvalue weighted by molar-refractivity contribution is 9.10. The molecule has 0 aliphatic carbocycles. The zero-order chi connectivity index (χ0) is 26.9. The summed E-state index contributed by atoms with van der Waals surface area (Å²) >= 11 is 3.42. The van der Waals surface area contributed by atoms with Crippen molar-refractivity contribution >= 4 is 49.9 Å². The van der Waals surface area contributed by atoms with Crippen molar-refractivity contribution in [3.05, 3.63) is 64.6 Å². The molecule has 11 heteroatoms. The maximum Gasteiger partial charge on any atom is 0.257 e. The van der Waals surface area contributed by atoms with Gasteiger partial charge in [0.15, 0.2) is 6.29 Å². The number of nitrogens with zero attached hydrogens (tertiary/aromatic N) is 1. The van der Waals surface area contributed by atoms with E-state index in [4.69, 9.17) is 9.47 Å². The van der Waals surface area contributed by atoms with Crippen molar-refractivity contribution in [1.82, 2.24) is 0 Å². The van der Waals surface area contributed by atoms with Gasteiger partial charge in [-0.25, -0.2) is 0 Å². The molecule has 1 aliphatic rings. The van der Waals surface area contributed by atoms with Crippen LogP contribution in [0.15, 0.2) is 59.1 Å². The number of aliphatic hydroxyl groups is 4. The van der Waals surface area contributed by atoms with Crippen LogP contribution in [-0.2, 0) is 9.53 Å². The number of fused-ring (bicyclic) bond motifs is 1. The standard InChI is InChI=1S/C26H27BrN2O8/c1-13(31)29(22-24(33)23(32)21(12-30)37-26(22)35)19-11-14-7-8-16(27)9-15(14)10-17(19)25(34)28-18-5-3-4-6-20(18)36-2/h3-11,21-24,26,30,32-33,35H,12H2,1-2H3,(H,28,34)/t21-,22-,23-,24-,26-/m1/s1. The molecular weight excluding hydrogens is 548 g/mol. The van der Waals surface area contributed by atoms with E-state index in [0.29, 0.717) is 22.2 Å². The van der Waals surface area contributed by atoms with Crippen LogP contribution >= 0.6 is 15.9 Å². The number of aliphatic hydroxyl groups excluding tert-OH is 4. The Kier molecular flexibility index (Phi) is 8.12. The molecule has 1 saturated heterocycles. The van der Waals surface area contributed by atoms with Crippen molar-refractivity contribution in [2.45, 2.75) is 37.6 Å². The van der Waals surface area contributed by atoms with Gasteiger partial charge in [0.25, 0.3) is 5.91 Å². The first-order valence-electron chi connectivity index (χ1n) is 11.4. The van der Waals surface area contributed by atoms with E-state index < -0.39 is 49.1 Å². The zero-order valence-electron chi connectivity index (χ0n) is 20.0. The summed E-state index contributed by atoms with van der Waals surface area (Å²) in [6, 6.07) is 13.9. The van der Waals surface area contributed by atoms with Crippen molar-refractivity contribution in [3.63, 3.8) is 0 Å². The summed E-state index contributed by atoms with van der Waals surface area (Å²) in [7, 11) is 1.47. The van der Waals surface area contributed by atoms with Gasteiger partial charge in [-0.1, -0.05) is 34.1 Å². The van der Waals surface area contributed by atoms with Gasteiger partial charge < -0.3 is 40.1 Å². The van der Waals surface area contributed by atoms with Crippen LogP contribution in [0, 0.1) is 0 Å². The molecule has 0 saturated carbocycles. The lowest BCUT2D eigenvalue weighted by atomic mass is 9.94. The Labute approximate surface area is 221 Å². The Morgan fingerprint density at radius 3 is 2.46 bits per heavy atom. The van der Waals surface area contributed by atoms with Gasteiger partial charge in [-0.3, -0.25) is 9.59 Å². The lowest BCUT2D eigenvalue weighted by Gasteiger charge is -2.45. The quantitative estimate of drug-likeness (QED) is 0.300. The van der Waals surface area contributed by atoms with Gasteiger partial charge in [0.2, 0.25) is 5.91 Å². The van der Waals surface area contributed by atoms with Crippen LogP contribution in [0.25, 0.3) is 10.8 Å². The number of methoxy groups -OCH3 is 1. The van der Waals surface area contributed by atoms with E-state index in [2.05, 4.69) is 21.2 Å². The predicted octanol–water partition coefficient (Wildman–Crippen LogP) is 2.02. The van der Waals surface area contributed by atoms with Crippen molar-refractivity contribution in [3.8, 4) is 5.75 Å². The van der Waals surface area contributed by atoms with E-state index in [-0.39, 0.29) is 11.3 Å². The third kappa shape index (κ3) is 5.33. The van der Waals surface area contributed by atoms with Crippen molar-refractivity contribution in [2.24, 2.45) is 0 Å². The molecule has 1 fully saturated rings. The van der Waals surface area contributed by atoms with E-state index in [9.17, 15) is 30.0 Å². The Hall–Kier alpha value is -3.06. The number of anilines is 2. The molecule has 196 valence electrons. The molecule has 10 nitrogen and oxygen atoms in total. The maximum atomic E-state index is 13.6. The Balaban J connectivity index is 1.86. The second kappa shape index (κ2) is 11.1. The summed E-state index contributed by atoms with van der Waals surface area (Å²) in [5.74, 6) is -0.777. The van der Waals surface area contributed by atoms with Crippen LogP contribution in [-0.4, -0.2) is 76.6 Å². The molecule has 5 atom stereocenters. The van der Waals surface area contributed by atoms with Crippen LogP contribution in [0.4, 0.5) is 11.4 Å². The SMILES string of the molecule is COc1ccccc1NC(=O)c1cc2cc(Br)ccc2cc1N(C(C)=O)[C@@H]1[C@@H](O)[C@H](O)[C@@H](CO)O[C@H]1O. The van der Waals surface area contributed by atoms with E-state index in [1.807, 2.05) is 0 Å². The second-order valence-corrected chi connectivity index (χ2v) is 9.54. The fourth-order valence-corrected chi connectivity index (χ4v) is 4.86. The van der Waals surface area contributed by atoms with Crippen LogP contribution in [0.2, 0.25) is 0 Å². The number of rotatable bonds is 6. The smallest absolute Gasteiger partial charge is 0.257 e. The highest BCUT2D eigenvalue weighted by Crippen LogP contribution is 2.35. The number of para-hydroxylation sites is 2. The number of nitrogens with one attached hydrogen (secondary N) is 1. The topological polar surface area (TPSA) is 149 Å². The molecule has 5 N–H and O–H groups in total. The monoisotopic (exact) mass is 574 g/mol. The normalized spacial score (nSPS) is 23.5. The average Bonchev–Trinajstić information content (AvgIpc) is 2.88. The van der Waals surface area contributed by atoms with Crippen LogP contribution in [0.1, 0.15) is 17.3 Å². The zero-order valence-corrected chi connectivity index (χ0v) is 21.6. The number of amides is 2. The fraction of sp³-hybridized carbons (Fsp3) is 0.308. The number of halogens is 1. The molecule has 4 rings (SSSR count). The molecule has 0 radical (unpaired) electrons. The van der Waals surface area contributed by atoms with Crippen LogP contribution in [0.5, 0.6) is 5.75 Å². The summed E-state index contributed by atoms with van der Waals surface area (Å²) in [4.78, 5) is 27.6. The Morgan fingerprint density at radius 2 is 1.78 bits per heavy atom. The lowest BCUT2D eigenvalue weighted by molar-refractivity contribution is -0.249. The fourth-order valence-electron chi connectivity index (χ4n) is 4.48. The minimum Gasteiger partial charge on any atom is -0.495 e. The van der Waals surface area contributed by atoms with Crippen molar-refractivity contribution in [2.75, 3.05) is 23.9 Å². The number of benzene rings is 3. The summed E-state index contributed by atoms with van der Waals surface area (Å²) in [6.07, 6.45) is -6.29. The first kappa shape index (κ1) is 27.0. The highest BCUT2D eigenvalue weighted by atomic mass is 79.9. The van der Waals surface area contributed by atoms with Crippen LogP contribution < -0.4 is 15.0 Å². The van der Waals surface area contributed by atoms with Crippen molar-refractivity contribution < 1.29 is 39.5 Å². The molecule has 37 heavy (non-hydrogen) atoms. The minimum absolute atomic E-state index is 0.0601. The van der Waals surface area contributed by atoms with Gasteiger partial charge in [0.05, 0.1) is 30.7 Å². The molecule has 0 bridgehead atoms. The van der Waals surface area contributed by atoms with E-state index in [0.717, 1.165) is 9.37 Å². The molecule has 2 amide bonds. The largest absolute Gasteiger partial charge is 0.495 e. The average molecular weight is 575 g/mol. The predicted molar refractivity (Wildman–Crippen MR) is 140 cm³/mol. The maximum absolute atomic E-state index is 13.6. The minimum atomic E-state index is -1.76. The highest BCUT2D eigenvalue weighted by Gasteiger charge is 2.48. The number of hydrogen-bond donors (Lipinski definition) is 5. The van der Waals surface area contributed by atoms with Gasteiger partial charge in [-0.05, 0) is 47.2 Å². The van der Waals surface area contributed by atoms with Gasteiger partial charge in [-0.15, -0.1) is 0 Å². The van der Waals surface area contributed by atoms with Gasteiger partial charge >= 0.3 is 0 Å². The molecule has 3 aromatic rings. The van der Waals surface area contributed by atoms with Gasteiger partial charge in [0.1, 0.15) is 30.1 Å². The third-order valence-corrected chi connectivity index (χ3v) is 6.77. The van der Waals surface area contributed by atoms with Crippen molar-refractivity contribution in [1.29, 1.82) is 0 Å². The van der Waals surface area contributed by atoms with Gasteiger partial charge in [0, 0.05) is 11.4 Å². The van der Waals surface area contributed by atoms with E-state index in [1.165, 1.54) is 14.0 Å². The summed E-state index contributed by atoms with van der Waals surface area (Å²) in [5, 5.41) is 45.6. The Morgan fingerprint density at radius 1 is 1.05 bits per heavy atom. The number of ether oxygens (including phenoxy) is 2. The summed E-state index contributed by atoms with van der Waals surface area (Å²) < 4.78 is 11.4. The first-order valence-corrected chi connectivity index (χ1v) is 12.2. The number of carbonyl (C=O) groups is 2. The lowest BCUT2D eigenvalue weighted by Crippen LogP contribution is -2.65. The molecule has 3 aromatic carbocycles. The van der Waals surface area contributed by atoms with Gasteiger partial charge in [-0.2, -0.15) is 0 Å². The van der Waals surface area contributed by atoms with Crippen LogP contribution in [0.3, 0.4) is 0 Å². The molecular formula is C26H27BrN2O8. The third-order valence-electron chi connectivity index (χ3n) is 6.28. The summed E-state index contributed by atoms with van der Waals surface area (Å²) in [5.41, 5.74) is 0.535. The Bertz CT molecular complexity index is 1320. The number of hydrogen-bond acceptors (Lipinski definition) is 8. The first-order chi connectivity index (χ1) is 17.7. The molecule has 1 aliphatic heterocycles. The second-order valence-electron chi connectivity index (χ2n) is 8.62. The van der Waals surface area contributed by atoms with E-state index >= 15 is 0 Å². The molecule has 0 spiro atoms.